The molecule has 0 amide bonds. The lowest BCUT2D eigenvalue weighted by molar-refractivity contribution is 0.475. The van der Waals surface area contributed by atoms with Gasteiger partial charge < -0.3 is 10.5 Å². The fraction of sp³-hybridized carbons (Fsp3) is 0.0769. The molecule has 5 heteroatoms. The summed E-state index contributed by atoms with van der Waals surface area (Å²) in [5, 5.41) is 0. The molecule has 0 atom stereocenters. The Balaban J connectivity index is 2.40. The van der Waals surface area contributed by atoms with E-state index in [1.807, 2.05) is 25.1 Å². The van der Waals surface area contributed by atoms with Gasteiger partial charge in [0.1, 0.15) is 10.7 Å². The van der Waals surface area contributed by atoms with Gasteiger partial charge >= 0.3 is 0 Å². The smallest absolute Gasteiger partial charge is 0.155 e. The molecule has 0 saturated heterocycles. The molecule has 2 rings (SSSR count). The largest absolute Gasteiger partial charge is 0.455 e. The summed E-state index contributed by atoms with van der Waals surface area (Å²) in [6, 6.07) is 7.56. The Morgan fingerprint density at radius 1 is 1.33 bits per heavy atom. The lowest BCUT2D eigenvalue weighted by Crippen LogP contribution is -2.11. The number of hydrogen-bond acceptors (Lipinski definition) is 3. The molecule has 0 fully saturated rings. The van der Waals surface area contributed by atoms with Crippen LogP contribution in [0, 0.1) is 6.92 Å². The second kappa shape index (κ2) is 5.46. The third kappa shape index (κ3) is 2.86. The first-order valence-electron chi connectivity index (χ1n) is 5.26. The van der Waals surface area contributed by atoms with E-state index in [2.05, 4.69) is 20.9 Å². The average molecular weight is 323 g/mol. The van der Waals surface area contributed by atoms with Crippen LogP contribution in [0.3, 0.4) is 0 Å². The van der Waals surface area contributed by atoms with Crippen LogP contribution in [0.4, 0.5) is 0 Å². The fourth-order valence-corrected chi connectivity index (χ4v) is 1.98. The number of aromatic nitrogens is 1. The minimum atomic E-state index is 0.292. The standard InChI is InChI=1S/C13H11BrN2OS/c1-8-2-3-9(14)6-11(8)17-12-7-16-5-4-10(12)13(15)18/h2-7H,1H3,(H2,15,18). The summed E-state index contributed by atoms with van der Waals surface area (Å²) in [6.07, 6.45) is 3.24. The van der Waals surface area contributed by atoms with Crippen molar-refractivity contribution in [3.63, 3.8) is 0 Å². The van der Waals surface area contributed by atoms with Crippen LogP contribution in [0.15, 0.2) is 41.1 Å². The number of nitrogens with two attached hydrogens (primary N) is 1. The Morgan fingerprint density at radius 2 is 2.11 bits per heavy atom. The third-order valence-corrected chi connectivity index (χ3v) is 3.13. The van der Waals surface area contributed by atoms with Crippen molar-refractivity contribution in [3.8, 4) is 11.5 Å². The minimum Gasteiger partial charge on any atom is -0.455 e. The predicted molar refractivity (Wildman–Crippen MR) is 79.1 cm³/mol. The van der Waals surface area contributed by atoms with Gasteiger partial charge in [-0.3, -0.25) is 4.98 Å². The van der Waals surface area contributed by atoms with Crippen LogP contribution in [0.25, 0.3) is 0 Å². The van der Waals surface area contributed by atoms with Crippen molar-refractivity contribution in [3.05, 3.63) is 52.3 Å². The molecule has 0 saturated carbocycles. The van der Waals surface area contributed by atoms with Crippen LogP contribution < -0.4 is 10.5 Å². The topological polar surface area (TPSA) is 48.1 Å². The summed E-state index contributed by atoms with van der Waals surface area (Å²) >= 11 is 8.40. The lowest BCUT2D eigenvalue weighted by atomic mass is 10.2. The van der Waals surface area contributed by atoms with E-state index in [4.69, 9.17) is 22.7 Å². The number of aryl methyl sites for hydroxylation is 1. The predicted octanol–water partition coefficient (Wildman–Crippen LogP) is 3.58. The molecule has 1 heterocycles. The first-order chi connectivity index (χ1) is 8.58. The van der Waals surface area contributed by atoms with Gasteiger partial charge in [0.2, 0.25) is 0 Å². The van der Waals surface area contributed by atoms with E-state index in [9.17, 15) is 0 Å². The second-order valence-corrected chi connectivity index (χ2v) is 5.10. The molecule has 0 spiro atoms. The molecule has 18 heavy (non-hydrogen) atoms. The van der Waals surface area contributed by atoms with Crippen LogP contribution in [0.2, 0.25) is 0 Å². The summed E-state index contributed by atoms with van der Waals surface area (Å²) in [6.45, 7) is 1.97. The quantitative estimate of drug-likeness (QED) is 0.877. The first kappa shape index (κ1) is 13.0. The molecule has 0 aliphatic carbocycles. The second-order valence-electron chi connectivity index (χ2n) is 3.75. The monoisotopic (exact) mass is 322 g/mol. The Kier molecular flexibility index (Phi) is 3.93. The molecular formula is C13H11BrN2OS. The van der Waals surface area contributed by atoms with Crippen molar-refractivity contribution in [1.29, 1.82) is 0 Å². The summed E-state index contributed by atoms with van der Waals surface area (Å²) in [5.41, 5.74) is 7.35. The van der Waals surface area contributed by atoms with Gasteiger partial charge in [0.25, 0.3) is 0 Å². The zero-order valence-electron chi connectivity index (χ0n) is 9.68. The lowest BCUT2D eigenvalue weighted by Gasteiger charge is -2.11. The number of ether oxygens (including phenoxy) is 1. The number of thiocarbonyl (C=S) groups is 1. The third-order valence-electron chi connectivity index (χ3n) is 2.42. The van der Waals surface area contributed by atoms with Gasteiger partial charge in [-0.25, -0.2) is 0 Å². The van der Waals surface area contributed by atoms with Crippen molar-refractivity contribution in [2.45, 2.75) is 6.92 Å². The van der Waals surface area contributed by atoms with Gasteiger partial charge in [-0.2, -0.15) is 0 Å². The zero-order valence-corrected chi connectivity index (χ0v) is 12.1. The minimum absolute atomic E-state index is 0.292. The molecule has 0 aliphatic heterocycles. The van der Waals surface area contributed by atoms with E-state index >= 15 is 0 Å². The van der Waals surface area contributed by atoms with Gasteiger partial charge in [-0.1, -0.05) is 34.2 Å². The summed E-state index contributed by atoms with van der Waals surface area (Å²) in [5.74, 6) is 1.31. The molecule has 3 nitrogen and oxygen atoms in total. The summed E-state index contributed by atoms with van der Waals surface area (Å²) in [7, 11) is 0. The highest BCUT2D eigenvalue weighted by Gasteiger charge is 2.09. The van der Waals surface area contributed by atoms with E-state index < -0.39 is 0 Å². The fourth-order valence-electron chi connectivity index (χ4n) is 1.47. The SMILES string of the molecule is Cc1ccc(Br)cc1Oc1cnccc1C(N)=S. The molecule has 0 bridgehead atoms. The summed E-state index contributed by atoms with van der Waals surface area (Å²) < 4.78 is 6.77. The molecule has 0 aliphatic rings. The van der Waals surface area contributed by atoms with E-state index in [1.165, 1.54) is 0 Å². The van der Waals surface area contributed by atoms with E-state index in [0.29, 0.717) is 16.3 Å². The number of benzene rings is 1. The van der Waals surface area contributed by atoms with Crippen LogP contribution >= 0.6 is 28.1 Å². The maximum atomic E-state index is 5.82. The molecule has 92 valence electrons. The maximum absolute atomic E-state index is 5.82. The highest BCUT2D eigenvalue weighted by molar-refractivity contribution is 9.10. The first-order valence-corrected chi connectivity index (χ1v) is 6.46. The van der Waals surface area contributed by atoms with E-state index in [-0.39, 0.29) is 0 Å². The number of pyridine rings is 1. The highest BCUT2D eigenvalue weighted by Crippen LogP contribution is 2.29. The van der Waals surface area contributed by atoms with Crippen molar-refractivity contribution in [2.24, 2.45) is 5.73 Å². The van der Waals surface area contributed by atoms with Gasteiger partial charge in [0.15, 0.2) is 5.75 Å². The Morgan fingerprint density at radius 3 is 2.83 bits per heavy atom. The number of hydrogen-bond donors (Lipinski definition) is 1. The molecular weight excluding hydrogens is 312 g/mol. The summed E-state index contributed by atoms with van der Waals surface area (Å²) in [4.78, 5) is 4.32. The van der Waals surface area contributed by atoms with Crippen LogP contribution in [0.1, 0.15) is 11.1 Å². The highest BCUT2D eigenvalue weighted by atomic mass is 79.9. The Labute approximate surface area is 119 Å². The maximum Gasteiger partial charge on any atom is 0.155 e. The molecule has 1 aromatic carbocycles. The van der Waals surface area contributed by atoms with Crippen molar-refractivity contribution in [2.75, 3.05) is 0 Å². The van der Waals surface area contributed by atoms with Crippen molar-refractivity contribution >= 4 is 33.1 Å². The zero-order chi connectivity index (χ0) is 13.1. The molecule has 0 unspecified atom stereocenters. The van der Waals surface area contributed by atoms with Crippen molar-refractivity contribution in [1.82, 2.24) is 4.98 Å². The Bertz CT molecular complexity index is 601. The molecule has 2 N–H and O–H groups in total. The van der Waals surface area contributed by atoms with Gasteiger partial charge in [-0.05, 0) is 30.7 Å². The van der Waals surface area contributed by atoms with E-state index in [0.717, 1.165) is 15.8 Å². The molecule has 1 aromatic heterocycles. The van der Waals surface area contributed by atoms with Crippen LogP contribution in [-0.4, -0.2) is 9.97 Å². The van der Waals surface area contributed by atoms with Gasteiger partial charge in [0.05, 0.1) is 11.8 Å². The van der Waals surface area contributed by atoms with Crippen LogP contribution in [-0.2, 0) is 0 Å². The van der Waals surface area contributed by atoms with Gasteiger partial charge in [-0.15, -0.1) is 0 Å². The van der Waals surface area contributed by atoms with E-state index in [1.54, 1.807) is 18.5 Å². The number of halogens is 1. The number of nitrogens with zero attached hydrogens (tertiary/aromatic N) is 1. The average Bonchev–Trinajstić information content (AvgIpc) is 2.34. The molecule has 2 aromatic rings. The van der Waals surface area contributed by atoms with Crippen molar-refractivity contribution < 1.29 is 4.74 Å². The normalized spacial score (nSPS) is 10.1. The number of rotatable bonds is 3. The van der Waals surface area contributed by atoms with Gasteiger partial charge in [0, 0.05) is 10.7 Å². The molecule has 0 radical (unpaired) electrons. The Hall–Kier alpha value is -1.46. The van der Waals surface area contributed by atoms with Crippen LogP contribution in [0.5, 0.6) is 11.5 Å².